The summed E-state index contributed by atoms with van der Waals surface area (Å²) in [6.07, 6.45) is 2.61. The zero-order valence-corrected chi connectivity index (χ0v) is 11.5. The predicted octanol–water partition coefficient (Wildman–Crippen LogP) is 1.32. The molecule has 3 rings (SSSR count). The average molecular weight is 286 g/mol. The molecule has 1 amide bonds. The largest absolute Gasteiger partial charge is 0.619 e. The normalized spacial score (nSPS) is 12.2. The van der Waals surface area contributed by atoms with E-state index in [1.165, 1.54) is 24.5 Å². The van der Waals surface area contributed by atoms with E-state index in [4.69, 9.17) is 9.47 Å². The maximum absolute atomic E-state index is 12.3. The number of carbonyl (C=O) groups excluding carboxylic acids is 1. The van der Waals surface area contributed by atoms with Crippen molar-refractivity contribution in [3.8, 4) is 11.5 Å². The number of hydrogen-bond donors (Lipinski definition) is 0. The van der Waals surface area contributed by atoms with Crippen LogP contribution < -0.4 is 14.2 Å². The Balaban J connectivity index is 1.72. The summed E-state index contributed by atoms with van der Waals surface area (Å²) < 4.78 is 11.2. The highest BCUT2D eigenvalue weighted by Gasteiger charge is 2.16. The Bertz CT molecular complexity index is 670. The Hall–Kier alpha value is -2.76. The summed E-state index contributed by atoms with van der Waals surface area (Å²) in [5.41, 5.74) is 1.43. The van der Waals surface area contributed by atoms with Gasteiger partial charge in [-0.25, -0.2) is 0 Å². The van der Waals surface area contributed by atoms with Crippen molar-refractivity contribution in [2.45, 2.75) is 6.54 Å². The van der Waals surface area contributed by atoms with E-state index in [0.717, 1.165) is 11.3 Å². The van der Waals surface area contributed by atoms with E-state index in [-0.39, 0.29) is 12.7 Å². The Morgan fingerprint density at radius 1 is 1.24 bits per heavy atom. The monoisotopic (exact) mass is 286 g/mol. The average Bonchev–Trinajstić information content (AvgIpc) is 2.95. The SMILES string of the molecule is CN(Cc1ccc2c(c1)OCO2)C(=O)c1cc[n+]([O-])cc1. The minimum absolute atomic E-state index is 0.145. The molecule has 108 valence electrons. The lowest BCUT2D eigenvalue weighted by Crippen LogP contribution is -2.29. The lowest BCUT2D eigenvalue weighted by Gasteiger charge is -2.17. The fourth-order valence-corrected chi connectivity index (χ4v) is 2.16. The summed E-state index contributed by atoms with van der Waals surface area (Å²) in [5, 5.41) is 11.0. The second-order valence-electron chi connectivity index (χ2n) is 4.80. The van der Waals surface area contributed by atoms with Crippen molar-refractivity contribution >= 4 is 5.91 Å². The quantitative estimate of drug-likeness (QED) is 0.630. The molecule has 2 aromatic rings. The topological polar surface area (TPSA) is 65.7 Å². The third-order valence-electron chi connectivity index (χ3n) is 3.25. The van der Waals surface area contributed by atoms with Crippen molar-refractivity contribution in [3.63, 3.8) is 0 Å². The van der Waals surface area contributed by atoms with Gasteiger partial charge in [0, 0.05) is 25.7 Å². The van der Waals surface area contributed by atoms with Gasteiger partial charge in [0.25, 0.3) is 5.91 Å². The summed E-state index contributed by atoms with van der Waals surface area (Å²) in [7, 11) is 1.71. The molecule has 0 bridgehead atoms. The second kappa shape index (κ2) is 5.32. The highest BCUT2D eigenvalue weighted by Crippen LogP contribution is 2.32. The van der Waals surface area contributed by atoms with Crippen LogP contribution in [-0.2, 0) is 6.54 Å². The lowest BCUT2D eigenvalue weighted by molar-refractivity contribution is -0.605. The third-order valence-corrected chi connectivity index (χ3v) is 3.25. The number of nitrogens with zero attached hydrogens (tertiary/aromatic N) is 2. The number of benzene rings is 1. The molecule has 0 radical (unpaired) electrons. The van der Waals surface area contributed by atoms with Crippen LogP contribution in [0.25, 0.3) is 0 Å². The maximum Gasteiger partial charge on any atom is 0.254 e. The minimum atomic E-state index is -0.145. The molecular formula is C15H14N2O4. The van der Waals surface area contributed by atoms with Crippen LogP contribution in [0.3, 0.4) is 0 Å². The van der Waals surface area contributed by atoms with Crippen molar-refractivity contribution < 1.29 is 19.0 Å². The summed E-state index contributed by atoms with van der Waals surface area (Å²) in [6.45, 7) is 0.675. The fourth-order valence-electron chi connectivity index (χ4n) is 2.16. The molecule has 0 fully saturated rings. The van der Waals surface area contributed by atoms with Gasteiger partial charge in [0.2, 0.25) is 6.79 Å². The van der Waals surface area contributed by atoms with Gasteiger partial charge >= 0.3 is 0 Å². The van der Waals surface area contributed by atoms with Crippen molar-refractivity contribution in [3.05, 3.63) is 59.1 Å². The first-order valence-electron chi connectivity index (χ1n) is 6.46. The molecule has 1 aromatic heterocycles. The van der Waals surface area contributed by atoms with E-state index in [1.54, 1.807) is 11.9 Å². The van der Waals surface area contributed by atoms with Gasteiger partial charge in [0.15, 0.2) is 23.9 Å². The molecule has 0 N–H and O–H groups in total. The van der Waals surface area contributed by atoms with Crippen molar-refractivity contribution in [1.29, 1.82) is 0 Å². The van der Waals surface area contributed by atoms with E-state index >= 15 is 0 Å². The van der Waals surface area contributed by atoms with Crippen LogP contribution in [0.2, 0.25) is 0 Å². The highest BCUT2D eigenvalue weighted by atomic mass is 16.7. The molecule has 0 saturated heterocycles. The van der Waals surface area contributed by atoms with Gasteiger partial charge < -0.3 is 19.6 Å². The summed E-state index contributed by atoms with van der Waals surface area (Å²) in [4.78, 5) is 13.8. The van der Waals surface area contributed by atoms with E-state index in [1.807, 2.05) is 18.2 Å². The van der Waals surface area contributed by atoms with Crippen molar-refractivity contribution in [2.75, 3.05) is 13.8 Å². The van der Waals surface area contributed by atoms with Crippen molar-refractivity contribution in [1.82, 2.24) is 4.90 Å². The lowest BCUT2D eigenvalue weighted by atomic mass is 10.1. The molecule has 1 aromatic carbocycles. The zero-order valence-electron chi connectivity index (χ0n) is 11.5. The summed E-state index contributed by atoms with van der Waals surface area (Å²) >= 11 is 0. The first-order chi connectivity index (χ1) is 10.1. The minimum Gasteiger partial charge on any atom is -0.619 e. The second-order valence-corrected chi connectivity index (χ2v) is 4.80. The summed E-state index contributed by atoms with van der Waals surface area (Å²) in [5.74, 6) is 1.27. The maximum atomic E-state index is 12.3. The fraction of sp³-hybridized carbons (Fsp3) is 0.200. The molecule has 6 heteroatoms. The van der Waals surface area contributed by atoms with Crippen LogP contribution in [0, 0.1) is 5.21 Å². The molecule has 6 nitrogen and oxygen atoms in total. The van der Waals surface area contributed by atoms with Gasteiger partial charge in [-0.1, -0.05) is 6.07 Å². The Labute approximate surface area is 121 Å². The van der Waals surface area contributed by atoms with Gasteiger partial charge in [-0.2, -0.15) is 4.73 Å². The zero-order chi connectivity index (χ0) is 14.8. The number of ether oxygens (including phenoxy) is 2. The van der Waals surface area contributed by atoms with E-state index < -0.39 is 0 Å². The van der Waals surface area contributed by atoms with Gasteiger partial charge in [-0.05, 0) is 17.7 Å². The Kier molecular flexibility index (Phi) is 3.35. The smallest absolute Gasteiger partial charge is 0.254 e. The van der Waals surface area contributed by atoms with Gasteiger partial charge in [-0.3, -0.25) is 4.79 Å². The first kappa shape index (κ1) is 13.2. The van der Waals surface area contributed by atoms with E-state index in [9.17, 15) is 10.0 Å². The Morgan fingerprint density at radius 3 is 2.71 bits per heavy atom. The van der Waals surface area contributed by atoms with E-state index in [2.05, 4.69) is 0 Å². The molecule has 1 aliphatic heterocycles. The van der Waals surface area contributed by atoms with Gasteiger partial charge in [0.05, 0.1) is 5.56 Å². The molecule has 0 unspecified atom stereocenters. The van der Waals surface area contributed by atoms with Crippen LogP contribution in [-0.4, -0.2) is 24.6 Å². The van der Waals surface area contributed by atoms with Crippen LogP contribution in [0.15, 0.2) is 42.7 Å². The van der Waals surface area contributed by atoms with Crippen LogP contribution in [0.1, 0.15) is 15.9 Å². The molecule has 1 aliphatic rings. The van der Waals surface area contributed by atoms with Crippen LogP contribution in [0.5, 0.6) is 11.5 Å². The highest BCUT2D eigenvalue weighted by molar-refractivity contribution is 5.93. The standard InChI is InChI=1S/C15H14N2O4/c1-16(15(18)12-4-6-17(19)7-5-12)9-11-2-3-13-14(8-11)21-10-20-13/h2-8H,9-10H2,1H3. The molecule has 21 heavy (non-hydrogen) atoms. The molecule has 0 aliphatic carbocycles. The van der Waals surface area contributed by atoms with Gasteiger partial charge in [-0.15, -0.1) is 0 Å². The molecular weight excluding hydrogens is 272 g/mol. The van der Waals surface area contributed by atoms with E-state index in [0.29, 0.717) is 22.6 Å². The molecule has 2 heterocycles. The van der Waals surface area contributed by atoms with Crippen molar-refractivity contribution in [2.24, 2.45) is 0 Å². The number of rotatable bonds is 3. The molecule has 0 atom stereocenters. The third kappa shape index (κ3) is 2.74. The summed E-state index contributed by atoms with van der Waals surface area (Å²) in [6, 6.07) is 8.60. The number of aromatic nitrogens is 1. The number of hydrogen-bond acceptors (Lipinski definition) is 4. The predicted molar refractivity (Wildman–Crippen MR) is 73.8 cm³/mol. The van der Waals surface area contributed by atoms with Crippen LogP contribution >= 0.6 is 0 Å². The first-order valence-corrected chi connectivity index (χ1v) is 6.46. The number of pyridine rings is 1. The molecule has 0 saturated carbocycles. The number of amides is 1. The molecule has 0 spiro atoms. The number of carbonyl (C=O) groups is 1. The van der Waals surface area contributed by atoms with Crippen LogP contribution in [0.4, 0.5) is 0 Å². The number of fused-ring (bicyclic) bond motifs is 1. The van der Waals surface area contributed by atoms with Gasteiger partial charge in [0.1, 0.15) is 0 Å². The Morgan fingerprint density at radius 2 is 1.95 bits per heavy atom.